The molecule has 4 aliphatic rings. The van der Waals surface area contributed by atoms with Crippen LogP contribution in [0, 0.1) is 29.6 Å². The van der Waals surface area contributed by atoms with Crippen LogP contribution in [-0.2, 0) is 14.4 Å². The molecule has 2 aliphatic heterocycles. The molecule has 7 heteroatoms. The van der Waals surface area contributed by atoms with Gasteiger partial charge in [-0.25, -0.2) is 0 Å². The van der Waals surface area contributed by atoms with Crippen molar-refractivity contribution in [3.8, 4) is 0 Å². The van der Waals surface area contributed by atoms with Crippen LogP contribution < -0.4 is 10.6 Å². The molecule has 7 nitrogen and oxygen atoms in total. The topological polar surface area (TPSA) is 116 Å². The molecule has 182 valence electrons. The predicted octanol–water partition coefficient (Wildman–Crippen LogP) is 2.66. The fourth-order valence-electron chi connectivity index (χ4n) is 5.84. The smallest absolute Gasteiger partial charge is 0.259 e. The van der Waals surface area contributed by atoms with Gasteiger partial charge in [0.1, 0.15) is 17.4 Å². The maximum absolute atomic E-state index is 12.7. The normalized spacial score (nSPS) is 36.9. The number of nitrogens with one attached hydrogen (secondary N) is 2. The standard InChI is InChI=1S/C27H34N2O5/c1-16-11-12-19-18-8-3-2-4-10-23(32)28-14-13-22(31)25-26(33)24(27(34)29-25)21(30)9-6-5-7-17(18)15-20(16)19/h2-5,7,10-12,16-20,22,25,31,33H,6,8-9,13-15H2,1H3,(H,28,32)(H,29,34). The first-order valence-electron chi connectivity index (χ1n) is 12.3. The van der Waals surface area contributed by atoms with Crippen molar-refractivity contribution in [3.63, 3.8) is 0 Å². The summed E-state index contributed by atoms with van der Waals surface area (Å²) in [5.41, 5.74) is -0.267. The Labute approximate surface area is 200 Å². The summed E-state index contributed by atoms with van der Waals surface area (Å²) in [6.07, 6.45) is 17.7. The van der Waals surface area contributed by atoms with Crippen molar-refractivity contribution in [3.05, 3.63) is 59.9 Å². The van der Waals surface area contributed by atoms with E-state index in [9.17, 15) is 24.6 Å². The average Bonchev–Trinajstić information content (AvgIpc) is 3.43. The van der Waals surface area contributed by atoms with Gasteiger partial charge in [0.15, 0.2) is 5.78 Å². The number of amides is 2. The Morgan fingerprint density at radius 3 is 2.68 bits per heavy atom. The molecule has 2 bridgehead atoms. The van der Waals surface area contributed by atoms with Crippen molar-refractivity contribution in [1.29, 1.82) is 0 Å². The summed E-state index contributed by atoms with van der Waals surface area (Å²) < 4.78 is 0. The molecule has 4 N–H and O–H groups in total. The van der Waals surface area contributed by atoms with E-state index in [2.05, 4.69) is 41.9 Å². The number of fused-ring (bicyclic) bond motifs is 4. The third-order valence-corrected chi connectivity index (χ3v) is 7.69. The lowest BCUT2D eigenvalue weighted by Crippen LogP contribution is -2.41. The van der Waals surface area contributed by atoms with Crippen molar-refractivity contribution >= 4 is 17.6 Å². The number of hydrogen-bond donors (Lipinski definition) is 4. The van der Waals surface area contributed by atoms with Crippen LogP contribution in [0.2, 0.25) is 0 Å². The lowest BCUT2D eigenvalue weighted by atomic mass is 9.85. The summed E-state index contributed by atoms with van der Waals surface area (Å²) in [6, 6.07) is -1.04. The highest BCUT2D eigenvalue weighted by atomic mass is 16.3. The molecule has 0 aromatic carbocycles. The highest BCUT2D eigenvalue weighted by Crippen LogP contribution is 2.51. The predicted molar refractivity (Wildman–Crippen MR) is 128 cm³/mol. The number of aliphatic hydroxyl groups excluding tert-OH is 2. The third-order valence-electron chi connectivity index (χ3n) is 7.69. The molecule has 2 aliphatic carbocycles. The first-order chi connectivity index (χ1) is 16.4. The first-order valence-corrected chi connectivity index (χ1v) is 12.3. The van der Waals surface area contributed by atoms with E-state index in [0.717, 1.165) is 12.8 Å². The molecule has 1 fully saturated rings. The molecule has 0 aromatic heterocycles. The van der Waals surface area contributed by atoms with E-state index in [4.69, 9.17) is 0 Å². The Kier molecular flexibility index (Phi) is 7.51. The molecule has 0 spiro atoms. The first kappa shape index (κ1) is 24.2. The number of ketones is 1. The summed E-state index contributed by atoms with van der Waals surface area (Å²) >= 11 is 0. The average molecular weight is 467 g/mol. The lowest BCUT2D eigenvalue weighted by Gasteiger charge is -2.20. The SMILES string of the molecule is CC1C=CC2C1CC1C=CCCC(=O)C3=C(O)C(NC3=O)C(O)CCNC(=O)C=CC=CCC12. The summed E-state index contributed by atoms with van der Waals surface area (Å²) in [5.74, 6) is 0.810. The summed E-state index contributed by atoms with van der Waals surface area (Å²) in [7, 11) is 0. The largest absolute Gasteiger partial charge is 0.509 e. The number of rotatable bonds is 0. The van der Waals surface area contributed by atoms with E-state index in [0.29, 0.717) is 36.0 Å². The highest BCUT2D eigenvalue weighted by molar-refractivity contribution is 6.21. The van der Waals surface area contributed by atoms with E-state index in [1.54, 1.807) is 6.08 Å². The maximum Gasteiger partial charge on any atom is 0.259 e. The van der Waals surface area contributed by atoms with Gasteiger partial charge in [-0.3, -0.25) is 14.4 Å². The van der Waals surface area contributed by atoms with E-state index in [1.807, 2.05) is 12.2 Å². The second-order valence-electron chi connectivity index (χ2n) is 9.82. The minimum atomic E-state index is -1.13. The van der Waals surface area contributed by atoms with Gasteiger partial charge in [0.2, 0.25) is 5.91 Å². The molecule has 34 heavy (non-hydrogen) atoms. The van der Waals surface area contributed by atoms with E-state index < -0.39 is 29.6 Å². The molecule has 1 saturated carbocycles. The number of hydrogen-bond acceptors (Lipinski definition) is 5. The number of allylic oxidation sites excluding steroid dienone is 7. The number of Topliss-reactive ketones (excluding diaryl/α,β-unsaturated/α-hetero) is 1. The van der Waals surface area contributed by atoms with E-state index in [1.165, 1.54) is 6.08 Å². The van der Waals surface area contributed by atoms with Gasteiger partial charge < -0.3 is 20.8 Å². The second kappa shape index (κ2) is 10.6. The van der Waals surface area contributed by atoms with E-state index in [-0.39, 0.29) is 30.9 Å². The lowest BCUT2D eigenvalue weighted by molar-refractivity contribution is -0.122. The quantitative estimate of drug-likeness (QED) is 0.324. The molecule has 0 saturated heterocycles. The Hall–Kier alpha value is -2.93. The van der Waals surface area contributed by atoms with Gasteiger partial charge in [0.05, 0.1) is 6.10 Å². The van der Waals surface area contributed by atoms with Crippen LogP contribution in [0.3, 0.4) is 0 Å². The molecule has 2 amide bonds. The molecule has 0 radical (unpaired) electrons. The fourth-order valence-corrected chi connectivity index (χ4v) is 5.84. The number of carbonyl (C=O) groups excluding carboxylic acids is 3. The van der Waals surface area contributed by atoms with Crippen molar-refractivity contribution in [2.45, 2.75) is 51.2 Å². The van der Waals surface area contributed by atoms with Crippen LogP contribution in [0.1, 0.15) is 39.0 Å². The van der Waals surface area contributed by atoms with Gasteiger partial charge in [-0.2, -0.15) is 0 Å². The highest BCUT2D eigenvalue weighted by Gasteiger charge is 2.44. The zero-order chi connectivity index (χ0) is 24.2. The zero-order valence-corrected chi connectivity index (χ0v) is 19.5. The fraction of sp³-hybridized carbons (Fsp3) is 0.519. The zero-order valence-electron chi connectivity index (χ0n) is 19.5. The monoisotopic (exact) mass is 466 g/mol. The van der Waals surface area contributed by atoms with Gasteiger partial charge in [0.25, 0.3) is 5.91 Å². The molecule has 7 atom stereocenters. The Balaban J connectivity index is 1.52. The maximum atomic E-state index is 12.7. The minimum Gasteiger partial charge on any atom is -0.509 e. The van der Waals surface area contributed by atoms with Crippen LogP contribution in [0.5, 0.6) is 0 Å². The van der Waals surface area contributed by atoms with Crippen molar-refractivity contribution < 1.29 is 24.6 Å². The van der Waals surface area contributed by atoms with Crippen molar-refractivity contribution in [2.24, 2.45) is 29.6 Å². The Morgan fingerprint density at radius 2 is 1.85 bits per heavy atom. The van der Waals surface area contributed by atoms with Crippen LogP contribution in [-0.4, -0.2) is 46.5 Å². The Bertz CT molecular complexity index is 976. The Morgan fingerprint density at radius 1 is 1.03 bits per heavy atom. The number of aliphatic hydroxyl groups is 2. The van der Waals surface area contributed by atoms with Crippen LogP contribution in [0.25, 0.3) is 0 Å². The molecule has 0 aromatic rings. The summed E-state index contributed by atoms with van der Waals surface area (Å²) in [5, 5.41) is 26.0. The van der Waals surface area contributed by atoms with Gasteiger partial charge >= 0.3 is 0 Å². The third kappa shape index (κ3) is 5.09. The van der Waals surface area contributed by atoms with Gasteiger partial charge in [0, 0.05) is 19.0 Å². The van der Waals surface area contributed by atoms with Gasteiger partial charge in [-0.15, -0.1) is 0 Å². The molecule has 2 heterocycles. The molecule has 4 rings (SSSR count). The van der Waals surface area contributed by atoms with Crippen LogP contribution in [0.15, 0.2) is 59.9 Å². The number of carbonyl (C=O) groups is 3. The molecular formula is C27H34N2O5. The minimum absolute atomic E-state index is 0.117. The van der Waals surface area contributed by atoms with Crippen LogP contribution >= 0.6 is 0 Å². The van der Waals surface area contributed by atoms with Gasteiger partial charge in [-0.05, 0) is 55.3 Å². The second-order valence-corrected chi connectivity index (χ2v) is 9.82. The van der Waals surface area contributed by atoms with Crippen molar-refractivity contribution in [1.82, 2.24) is 10.6 Å². The summed E-state index contributed by atoms with van der Waals surface area (Å²) in [4.78, 5) is 37.0. The summed E-state index contributed by atoms with van der Waals surface area (Å²) in [6.45, 7) is 2.43. The van der Waals surface area contributed by atoms with Gasteiger partial charge in [-0.1, -0.05) is 49.5 Å². The molecule has 7 unspecified atom stereocenters. The molecular weight excluding hydrogens is 432 g/mol. The van der Waals surface area contributed by atoms with Crippen LogP contribution in [0.4, 0.5) is 0 Å². The van der Waals surface area contributed by atoms with E-state index >= 15 is 0 Å². The van der Waals surface area contributed by atoms with Crippen molar-refractivity contribution in [2.75, 3.05) is 6.54 Å².